The molecule has 3 heterocycles. The lowest BCUT2D eigenvalue weighted by atomic mass is 9.94. The van der Waals surface area contributed by atoms with Crippen molar-refractivity contribution in [2.75, 3.05) is 11.5 Å². The number of hydrogen-bond donors (Lipinski definition) is 3. The van der Waals surface area contributed by atoms with Crippen LogP contribution in [-0.2, 0) is 4.79 Å². The molecule has 0 spiro atoms. The lowest BCUT2D eigenvalue weighted by molar-refractivity contribution is -0.117. The molecule has 2 aromatic heterocycles. The summed E-state index contributed by atoms with van der Waals surface area (Å²) in [5.41, 5.74) is 1.91. The lowest BCUT2D eigenvalue weighted by Gasteiger charge is -2.25. The highest BCUT2D eigenvalue weighted by molar-refractivity contribution is 6.31. The molecule has 0 fully saturated rings. The number of aromatic nitrogens is 2. The van der Waals surface area contributed by atoms with Crippen molar-refractivity contribution in [3.05, 3.63) is 94.4 Å². The van der Waals surface area contributed by atoms with Gasteiger partial charge < -0.3 is 24.4 Å². The molecule has 190 valence electrons. The van der Waals surface area contributed by atoms with E-state index in [-0.39, 0.29) is 35.4 Å². The molecule has 1 amide bonds. The van der Waals surface area contributed by atoms with E-state index >= 15 is 0 Å². The molecule has 1 aliphatic rings. The number of ketones is 1. The average molecular weight is 530 g/mol. The summed E-state index contributed by atoms with van der Waals surface area (Å²) in [6.45, 7) is 2.04. The van der Waals surface area contributed by atoms with Gasteiger partial charge in [0.25, 0.3) is 5.91 Å². The number of carbonyl (C=O) groups is 2. The minimum atomic E-state index is -1.10. The van der Waals surface area contributed by atoms with Crippen LogP contribution in [0.1, 0.15) is 29.1 Å². The molecule has 1 unspecified atom stereocenters. The Balaban J connectivity index is 1.52. The molecular formula is C28H20ClN3O6. The second-order valence-corrected chi connectivity index (χ2v) is 9.14. The van der Waals surface area contributed by atoms with Crippen molar-refractivity contribution in [1.29, 1.82) is 0 Å². The topological polar surface area (TPSA) is 129 Å². The number of aromatic amines is 1. The number of H-pyrrole nitrogens is 1. The first-order valence-corrected chi connectivity index (χ1v) is 12.1. The first kappa shape index (κ1) is 23.6. The third-order valence-electron chi connectivity index (χ3n) is 6.36. The van der Waals surface area contributed by atoms with Crippen LogP contribution in [0.15, 0.2) is 82.5 Å². The standard InChI is InChI=1S/C28H20ClN3O6/c1-2-37-21-12-14(7-9-19(21)33)24-23(25(34)22-13-15-11-16(29)8-10-20(15)38-22)26(35)27(36)32(24)28-30-17-5-3-4-6-18(17)31-28/h3-13,24,33,35H,2H2,1H3,(H,30,31). The van der Waals surface area contributed by atoms with Crippen LogP contribution in [0.25, 0.3) is 22.0 Å². The fourth-order valence-electron chi connectivity index (χ4n) is 4.66. The Morgan fingerprint density at radius 3 is 2.74 bits per heavy atom. The van der Waals surface area contributed by atoms with Gasteiger partial charge in [0.2, 0.25) is 11.7 Å². The van der Waals surface area contributed by atoms with Gasteiger partial charge in [-0.1, -0.05) is 29.8 Å². The number of aromatic hydroxyl groups is 1. The Morgan fingerprint density at radius 1 is 1.13 bits per heavy atom. The van der Waals surface area contributed by atoms with E-state index in [2.05, 4.69) is 9.97 Å². The van der Waals surface area contributed by atoms with Crippen molar-refractivity contribution in [2.24, 2.45) is 0 Å². The summed E-state index contributed by atoms with van der Waals surface area (Å²) in [6.07, 6.45) is 0. The fourth-order valence-corrected chi connectivity index (χ4v) is 4.84. The van der Waals surface area contributed by atoms with E-state index in [0.29, 0.717) is 32.6 Å². The quantitative estimate of drug-likeness (QED) is 0.235. The number of nitrogens with zero attached hydrogens (tertiary/aromatic N) is 2. The van der Waals surface area contributed by atoms with Gasteiger partial charge in [-0.2, -0.15) is 0 Å². The minimum Gasteiger partial charge on any atom is -0.504 e. The summed E-state index contributed by atoms with van der Waals surface area (Å²) < 4.78 is 11.3. The van der Waals surface area contributed by atoms with Crippen LogP contribution < -0.4 is 9.64 Å². The van der Waals surface area contributed by atoms with E-state index in [4.69, 9.17) is 20.8 Å². The van der Waals surface area contributed by atoms with Gasteiger partial charge in [-0.15, -0.1) is 0 Å². The largest absolute Gasteiger partial charge is 0.504 e. The number of Topliss-reactive ketones (excluding diaryl/α,β-unsaturated/α-hetero) is 1. The normalized spacial score (nSPS) is 15.7. The number of carbonyl (C=O) groups excluding carboxylic acids is 2. The van der Waals surface area contributed by atoms with Crippen molar-refractivity contribution >= 4 is 51.2 Å². The van der Waals surface area contributed by atoms with Crippen LogP contribution in [-0.4, -0.2) is 38.5 Å². The van der Waals surface area contributed by atoms with Crippen molar-refractivity contribution in [1.82, 2.24) is 9.97 Å². The number of phenols is 1. The predicted molar refractivity (Wildman–Crippen MR) is 141 cm³/mol. The van der Waals surface area contributed by atoms with Gasteiger partial charge in [0.1, 0.15) is 5.58 Å². The third kappa shape index (κ3) is 3.75. The van der Waals surface area contributed by atoms with Crippen molar-refractivity contribution < 1.29 is 29.0 Å². The SMILES string of the molecule is CCOc1cc(C2C(C(=O)c3cc4cc(Cl)ccc4o3)=C(O)C(=O)N2c2nc3ccccc3[nH]2)ccc1O. The number of anilines is 1. The summed E-state index contributed by atoms with van der Waals surface area (Å²) >= 11 is 6.08. The van der Waals surface area contributed by atoms with E-state index in [9.17, 15) is 19.8 Å². The number of hydrogen-bond acceptors (Lipinski definition) is 7. The van der Waals surface area contributed by atoms with Crippen LogP contribution in [0.5, 0.6) is 11.5 Å². The number of aliphatic hydroxyl groups is 1. The van der Waals surface area contributed by atoms with Gasteiger partial charge in [-0.05, 0) is 61.0 Å². The Labute approximate surface area is 220 Å². The molecule has 0 aliphatic carbocycles. The number of halogens is 1. The predicted octanol–water partition coefficient (Wildman–Crippen LogP) is 5.85. The summed E-state index contributed by atoms with van der Waals surface area (Å²) in [4.78, 5) is 36.1. The van der Waals surface area contributed by atoms with Crippen LogP contribution in [0.4, 0.5) is 5.95 Å². The number of nitrogens with one attached hydrogen (secondary N) is 1. The maximum Gasteiger partial charge on any atom is 0.296 e. The van der Waals surface area contributed by atoms with Crippen LogP contribution >= 0.6 is 11.6 Å². The maximum absolute atomic E-state index is 13.8. The van der Waals surface area contributed by atoms with Crippen LogP contribution in [0, 0.1) is 0 Å². The third-order valence-corrected chi connectivity index (χ3v) is 6.59. The monoisotopic (exact) mass is 529 g/mol. The number of amides is 1. The number of benzene rings is 3. The van der Waals surface area contributed by atoms with Gasteiger partial charge in [0, 0.05) is 10.4 Å². The van der Waals surface area contributed by atoms with Gasteiger partial charge in [-0.25, -0.2) is 4.98 Å². The number of rotatable bonds is 6. The first-order chi connectivity index (χ1) is 18.4. The number of phenolic OH excluding ortho intramolecular Hbond substituents is 1. The van der Waals surface area contributed by atoms with E-state index in [1.54, 1.807) is 43.3 Å². The molecule has 1 atom stereocenters. The highest BCUT2D eigenvalue weighted by Gasteiger charge is 2.47. The Bertz CT molecular complexity index is 1750. The van der Waals surface area contributed by atoms with Crippen molar-refractivity contribution in [3.63, 3.8) is 0 Å². The maximum atomic E-state index is 13.8. The molecule has 0 saturated heterocycles. The summed E-state index contributed by atoms with van der Waals surface area (Å²) in [5, 5.41) is 22.4. The molecule has 1 aliphatic heterocycles. The van der Waals surface area contributed by atoms with Gasteiger partial charge in [-0.3, -0.25) is 14.5 Å². The summed E-state index contributed by atoms with van der Waals surface area (Å²) in [6, 6.07) is 17.0. The zero-order valence-electron chi connectivity index (χ0n) is 19.9. The summed E-state index contributed by atoms with van der Waals surface area (Å²) in [7, 11) is 0. The van der Waals surface area contributed by atoms with Gasteiger partial charge in [0.05, 0.1) is 29.3 Å². The lowest BCUT2D eigenvalue weighted by Crippen LogP contribution is -2.32. The highest BCUT2D eigenvalue weighted by atomic mass is 35.5. The molecule has 10 heteroatoms. The van der Waals surface area contributed by atoms with Crippen molar-refractivity contribution in [3.8, 4) is 11.5 Å². The van der Waals surface area contributed by atoms with Crippen LogP contribution in [0.2, 0.25) is 5.02 Å². The number of imidazole rings is 1. The highest BCUT2D eigenvalue weighted by Crippen LogP contribution is 2.44. The Kier molecular flexibility index (Phi) is 5.57. The first-order valence-electron chi connectivity index (χ1n) is 11.8. The zero-order valence-corrected chi connectivity index (χ0v) is 20.7. The second kappa shape index (κ2) is 8.97. The molecule has 5 aromatic rings. The van der Waals surface area contributed by atoms with Crippen LogP contribution in [0.3, 0.4) is 0 Å². The molecule has 38 heavy (non-hydrogen) atoms. The number of furan rings is 1. The van der Waals surface area contributed by atoms with E-state index in [1.807, 2.05) is 12.1 Å². The zero-order chi connectivity index (χ0) is 26.6. The number of aliphatic hydroxyl groups excluding tert-OH is 1. The van der Waals surface area contributed by atoms with E-state index in [1.165, 1.54) is 23.1 Å². The van der Waals surface area contributed by atoms with Gasteiger partial charge in [0.15, 0.2) is 23.0 Å². The average Bonchev–Trinajstić information content (AvgIpc) is 3.59. The summed E-state index contributed by atoms with van der Waals surface area (Å²) in [5.74, 6) is -2.11. The molecule has 3 aromatic carbocycles. The molecule has 9 nitrogen and oxygen atoms in total. The van der Waals surface area contributed by atoms with Crippen molar-refractivity contribution in [2.45, 2.75) is 13.0 Å². The smallest absolute Gasteiger partial charge is 0.296 e. The number of para-hydroxylation sites is 2. The second-order valence-electron chi connectivity index (χ2n) is 8.70. The number of fused-ring (bicyclic) bond motifs is 2. The van der Waals surface area contributed by atoms with E-state index < -0.39 is 23.5 Å². The minimum absolute atomic E-state index is 0.0723. The van der Waals surface area contributed by atoms with Gasteiger partial charge >= 0.3 is 0 Å². The molecule has 6 rings (SSSR count). The molecule has 0 saturated carbocycles. The molecule has 0 bridgehead atoms. The molecule has 3 N–H and O–H groups in total. The molecular weight excluding hydrogens is 510 g/mol. The Morgan fingerprint density at radius 2 is 1.95 bits per heavy atom. The number of ether oxygens (including phenoxy) is 1. The fraction of sp³-hybridized carbons (Fsp3) is 0.107. The Hall–Kier alpha value is -4.76. The molecule has 0 radical (unpaired) electrons. The van der Waals surface area contributed by atoms with E-state index in [0.717, 1.165) is 0 Å².